The number of carbonyl (C=O) groups is 2. The molecule has 0 amide bonds. The van der Waals surface area contributed by atoms with Crippen molar-refractivity contribution >= 4 is 44.8 Å². The molecule has 3 rings (SSSR count). The maximum absolute atomic E-state index is 11.9. The summed E-state index contributed by atoms with van der Waals surface area (Å²) in [4.78, 5) is 24.2. The second kappa shape index (κ2) is 6.46. The number of esters is 2. The van der Waals surface area contributed by atoms with Crippen LogP contribution in [0.1, 0.15) is 15.2 Å². The zero-order chi connectivity index (χ0) is 15.5. The molecule has 1 aliphatic heterocycles. The molecule has 0 fully saturated rings. The van der Waals surface area contributed by atoms with Gasteiger partial charge in [0.15, 0.2) is 6.10 Å². The highest BCUT2D eigenvalue weighted by molar-refractivity contribution is 9.10. The first-order chi connectivity index (χ1) is 10.6. The predicted molar refractivity (Wildman–Crippen MR) is 86.6 cm³/mol. The van der Waals surface area contributed by atoms with Crippen LogP contribution in [0.2, 0.25) is 0 Å². The molecule has 22 heavy (non-hydrogen) atoms. The minimum atomic E-state index is -0.551. The van der Waals surface area contributed by atoms with Gasteiger partial charge in [0.25, 0.3) is 0 Å². The van der Waals surface area contributed by atoms with E-state index in [2.05, 4.69) is 15.9 Å². The quantitative estimate of drug-likeness (QED) is 0.761. The molecular weight excluding hydrogens is 368 g/mol. The lowest BCUT2D eigenvalue weighted by Gasteiger charge is -2.08. The Balaban J connectivity index is 1.67. The van der Waals surface area contributed by atoms with Crippen LogP contribution in [0.25, 0.3) is 5.57 Å². The predicted octanol–water partition coefficient (Wildman–Crippen LogP) is 3.68. The number of ether oxygens (including phenoxy) is 2. The summed E-state index contributed by atoms with van der Waals surface area (Å²) in [6, 6.07) is 10.9. The average molecular weight is 379 g/mol. The summed E-state index contributed by atoms with van der Waals surface area (Å²) in [7, 11) is 0. The SMILES string of the molecule is O=C1OC(COC(=O)c2cccs2)C=C1c1cccc(Br)c1. The van der Waals surface area contributed by atoms with Crippen molar-refractivity contribution in [3.8, 4) is 0 Å². The standard InChI is InChI=1S/C16H11BrO4S/c17-11-4-1-3-10(7-11)13-8-12(21-15(13)18)9-20-16(19)14-5-2-6-22-14/h1-8,12H,9H2. The van der Waals surface area contributed by atoms with E-state index in [-0.39, 0.29) is 6.61 Å². The third-order valence-corrected chi connectivity index (χ3v) is 4.41. The fourth-order valence-electron chi connectivity index (χ4n) is 2.06. The highest BCUT2D eigenvalue weighted by atomic mass is 79.9. The number of cyclic esters (lactones) is 1. The Morgan fingerprint density at radius 1 is 1.32 bits per heavy atom. The highest BCUT2D eigenvalue weighted by Gasteiger charge is 2.27. The van der Waals surface area contributed by atoms with E-state index in [0.717, 1.165) is 10.0 Å². The summed E-state index contributed by atoms with van der Waals surface area (Å²) in [5.74, 6) is -0.814. The summed E-state index contributed by atoms with van der Waals surface area (Å²) < 4.78 is 11.3. The van der Waals surface area contributed by atoms with Crippen LogP contribution in [0.5, 0.6) is 0 Å². The van der Waals surface area contributed by atoms with Crippen molar-refractivity contribution in [3.05, 3.63) is 62.8 Å². The molecule has 0 saturated heterocycles. The van der Waals surface area contributed by atoms with Crippen molar-refractivity contribution in [1.82, 2.24) is 0 Å². The molecule has 1 unspecified atom stereocenters. The van der Waals surface area contributed by atoms with Gasteiger partial charge in [-0.05, 0) is 35.2 Å². The molecule has 0 spiro atoms. The Bertz CT molecular complexity index is 736. The number of hydrogen-bond acceptors (Lipinski definition) is 5. The van der Waals surface area contributed by atoms with Crippen LogP contribution in [0.15, 0.2) is 52.3 Å². The van der Waals surface area contributed by atoms with Gasteiger partial charge in [-0.15, -0.1) is 11.3 Å². The Morgan fingerprint density at radius 2 is 2.18 bits per heavy atom. The van der Waals surface area contributed by atoms with Crippen molar-refractivity contribution in [2.75, 3.05) is 6.61 Å². The van der Waals surface area contributed by atoms with E-state index in [9.17, 15) is 9.59 Å². The van der Waals surface area contributed by atoms with E-state index in [0.29, 0.717) is 10.5 Å². The molecule has 1 aromatic heterocycles. The molecule has 1 aromatic carbocycles. The lowest BCUT2D eigenvalue weighted by atomic mass is 10.1. The Labute approximate surface area is 139 Å². The summed E-state index contributed by atoms with van der Waals surface area (Å²) >= 11 is 4.68. The average Bonchev–Trinajstić information content (AvgIpc) is 3.14. The maximum Gasteiger partial charge on any atom is 0.348 e. The van der Waals surface area contributed by atoms with Gasteiger partial charge in [-0.3, -0.25) is 0 Å². The smallest absolute Gasteiger partial charge is 0.348 e. The van der Waals surface area contributed by atoms with Crippen LogP contribution in [-0.2, 0) is 14.3 Å². The van der Waals surface area contributed by atoms with Crippen molar-refractivity contribution in [2.45, 2.75) is 6.10 Å². The molecule has 6 heteroatoms. The molecule has 112 valence electrons. The van der Waals surface area contributed by atoms with Crippen LogP contribution in [-0.4, -0.2) is 24.6 Å². The zero-order valence-corrected chi connectivity index (χ0v) is 13.7. The number of thiophene rings is 1. The molecule has 2 heterocycles. The molecular formula is C16H11BrO4S. The summed E-state index contributed by atoms with van der Waals surface area (Å²) in [6.45, 7) is 0.0139. The number of benzene rings is 1. The van der Waals surface area contributed by atoms with Crippen molar-refractivity contribution in [1.29, 1.82) is 0 Å². The molecule has 0 N–H and O–H groups in total. The highest BCUT2D eigenvalue weighted by Crippen LogP contribution is 2.26. The molecule has 4 nitrogen and oxygen atoms in total. The van der Waals surface area contributed by atoms with Crippen molar-refractivity contribution < 1.29 is 19.1 Å². The van der Waals surface area contributed by atoms with Gasteiger partial charge < -0.3 is 9.47 Å². The topological polar surface area (TPSA) is 52.6 Å². The van der Waals surface area contributed by atoms with Gasteiger partial charge in [-0.2, -0.15) is 0 Å². The molecule has 0 aliphatic carbocycles. The first-order valence-electron chi connectivity index (χ1n) is 6.53. The molecule has 0 bridgehead atoms. The van der Waals surface area contributed by atoms with E-state index in [1.165, 1.54) is 11.3 Å². The molecule has 0 radical (unpaired) electrons. The van der Waals surface area contributed by atoms with Crippen LogP contribution >= 0.6 is 27.3 Å². The van der Waals surface area contributed by atoms with Gasteiger partial charge in [0.2, 0.25) is 0 Å². The van der Waals surface area contributed by atoms with E-state index in [1.54, 1.807) is 23.6 Å². The first-order valence-corrected chi connectivity index (χ1v) is 8.20. The summed E-state index contributed by atoms with van der Waals surface area (Å²) in [6.07, 6.45) is 1.14. The van der Waals surface area contributed by atoms with E-state index in [4.69, 9.17) is 9.47 Å². The van der Waals surface area contributed by atoms with Crippen LogP contribution in [0.3, 0.4) is 0 Å². The number of rotatable bonds is 4. The molecule has 2 aromatic rings. The number of hydrogen-bond donors (Lipinski definition) is 0. The minimum absolute atomic E-state index is 0.0139. The van der Waals surface area contributed by atoms with E-state index >= 15 is 0 Å². The second-order valence-corrected chi connectivity index (χ2v) is 6.47. The monoisotopic (exact) mass is 378 g/mol. The number of halogens is 1. The van der Waals surface area contributed by atoms with Gasteiger partial charge >= 0.3 is 11.9 Å². The molecule has 1 aliphatic rings. The van der Waals surface area contributed by atoms with Crippen LogP contribution < -0.4 is 0 Å². The molecule has 1 atom stereocenters. The third-order valence-electron chi connectivity index (χ3n) is 3.07. The van der Waals surface area contributed by atoms with Crippen molar-refractivity contribution in [3.63, 3.8) is 0 Å². The fraction of sp³-hybridized carbons (Fsp3) is 0.125. The maximum atomic E-state index is 11.9. The Kier molecular flexibility index (Phi) is 4.40. The second-order valence-electron chi connectivity index (χ2n) is 4.61. The Morgan fingerprint density at radius 3 is 2.91 bits per heavy atom. The minimum Gasteiger partial charge on any atom is -0.457 e. The normalized spacial score (nSPS) is 17.0. The van der Waals surface area contributed by atoms with Crippen LogP contribution in [0, 0.1) is 0 Å². The summed E-state index contributed by atoms with van der Waals surface area (Å²) in [5, 5.41) is 1.80. The first kappa shape index (κ1) is 15.0. The zero-order valence-electron chi connectivity index (χ0n) is 11.3. The summed E-state index contributed by atoms with van der Waals surface area (Å²) in [5.41, 5.74) is 1.25. The third kappa shape index (κ3) is 3.28. The Hall–Kier alpha value is -1.92. The lowest BCUT2D eigenvalue weighted by Crippen LogP contribution is -2.18. The van der Waals surface area contributed by atoms with Crippen molar-refractivity contribution in [2.24, 2.45) is 0 Å². The van der Waals surface area contributed by atoms with Gasteiger partial charge in [0.1, 0.15) is 11.5 Å². The lowest BCUT2D eigenvalue weighted by molar-refractivity contribution is -0.139. The van der Waals surface area contributed by atoms with E-state index < -0.39 is 18.0 Å². The molecule has 0 saturated carbocycles. The number of carbonyl (C=O) groups excluding carboxylic acids is 2. The van der Waals surface area contributed by atoms with Gasteiger partial charge in [-0.1, -0.05) is 34.1 Å². The largest absolute Gasteiger partial charge is 0.457 e. The van der Waals surface area contributed by atoms with Gasteiger partial charge in [0, 0.05) is 4.47 Å². The fourth-order valence-corrected chi connectivity index (χ4v) is 3.08. The van der Waals surface area contributed by atoms with Gasteiger partial charge in [-0.25, -0.2) is 9.59 Å². The van der Waals surface area contributed by atoms with E-state index in [1.807, 2.05) is 24.3 Å². The van der Waals surface area contributed by atoms with Crippen LogP contribution in [0.4, 0.5) is 0 Å². The van der Waals surface area contributed by atoms with Gasteiger partial charge in [0.05, 0.1) is 5.57 Å².